The predicted molar refractivity (Wildman–Crippen MR) is 108 cm³/mol. The van der Waals surface area contributed by atoms with Gasteiger partial charge in [0.1, 0.15) is 6.54 Å². The maximum absolute atomic E-state index is 13.1. The van der Waals surface area contributed by atoms with Crippen LogP contribution in [0.2, 0.25) is 0 Å². The summed E-state index contributed by atoms with van der Waals surface area (Å²) < 4.78 is 34.3. The molecule has 1 aromatic heterocycles. The van der Waals surface area contributed by atoms with Gasteiger partial charge >= 0.3 is 12.0 Å². The summed E-state index contributed by atoms with van der Waals surface area (Å²) in [5, 5.41) is 3.38. The van der Waals surface area contributed by atoms with Crippen LogP contribution in [0, 0.1) is 0 Å². The van der Waals surface area contributed by atoms with Gasteiger partial charge in [-0.25, -0.2) is 13.2 Å². The highest BCUT2D eigenvalue weighted by Crippen LogP contribution is 2.23. The Hall–Kier alpha value is -2.59. The van der Waals surface area contributed by atoms with Crippen molar-refractivity contribution >= 4 is 32.9 Å². The van der Waals surface area contributed by atoms with Gasteiger partial charge in [0.25, 0.3) is 0 Å². The molecular formula is C19H26N4O5S. The maximum atomic E-state index is 13.1. The van der Waals surface area contributed by atoms with Crippen LogP contribution in [0.15, 0.2) is 35.4 Å². The molecule has 0 saturated carbocycles. The highest BCUT2D eigenvalue weighted by atomic mass is 32.2. The number of esters is 1. The molecule has 0 radical (unpaired) electrons. The third-order valence-electron chi connectivity index (χ3n) is 4.93. The Morgan fingerprint density at radius 1 is 1.14 bits per heavy atom. The van der Waals surface area contributed by atoms with Crippen LogP contribution in [0.1, 0.15) is 13.3 Å². The number of amides is 2. The van der Waals surface area contributed by atoms with Crippen LogP contribution in [0.3, 0.4) is 0 Å². The average Bonchev–Trinajstić information content (AvgIpc) is 2.91. The lowest BCUT2D eigenvalue weighted by Crippen LogP contribution is -2.44. The molecule has 0 bridgehead atoms. The van der Waals surface area contributed by atoms with Gasteiger partial charge in [-0.05, 0) is 37.6 Å². The first-order valence-electron chi connectivity index (χ1n) is 9.56. The van der Waals surface area contributed by atoms with E-state index >= 15 is 0 Å². The Morgan fingerprint density at radius 3 is 2.69 bits per heavy atom. The molecule has 1 saturated heterocycles. The van der Waals surface area contributed by atoms with E-state index in [0.29, 0.717) is 19.5 Å². The molecule has 0 aliphatic carbocycles. The molecule has 2 amide bonds. The summed E-state index contributed by atoms with van der Waals surface area (Å²) in [6.45, 7) is 2.93. The summed E-state index contributed by atoms with van der Waals surface area (Å²) >= 11 is 0. The molecule has 1 aromatic carbocycles. The summed E-state index contributed by atoms with van der Waals surface area (Å²) in [5.74, 6) is -0.504. The molecule has 0 unspecified atom stereocenters. The van der Waals surface area contributed by atoms with Crippen LogP contribution in [0.25, 0.3) is 10.9 Å². The predicted octanol–water partition coefficient (Wildman–Crippen LogP) is 1.15. The van der Waals surface area contributed by atoms with Crippen LogP contribution >= 0.6 is 0 Å². The normalized spacial score (nSPS) is 15.9. The van der Waals surface area contributed by atoms with Crippen molar-refractivity contribution < 1.29 is 22.7 Å². The fourth-order valence-electron chi connectivity index (χ4n) is 3.38. The SMILES string of the molecule is CCOC(=O)CNC(=O)N1CCCN(S(=O)(=O)c2ccc3c(ccn3C)c2)CC1. The lowest BCUT2D eigenvalue weighted by atomic mass is 10.2. The van der Waals surface area contributed by atoms with Crippen LogP contribution in [0.5, 0.6) is 0 Å². The van der Waals surface area contributed by atoms with Crippen molar-refractivity contribution in [3.8, 4) is 0 Å². The minimum absolute atomic E-state index is 0.196. The average molecular weight is 423 g/mol. The number of benzene rings is 1. The standard InChI is InChI=1S/C19H26N4O5S/c1-3-28-18(24)14-20-19(25)22-8-4-9-23(12-11-22)29(26,27)16-5-6-17-15(13-16)7-10-21(17)2/h5-7,10,13H,3-4,8-9,11-12,14H2,1-2H3,(H,20,25). The van der Waals surface area contributed by atoms with Gasteiger partial charge in [0.05, 0.1) is 11.5 Å². The zero-order chi connectivity index (χ0) is 21.0. The molecule has 0 atom stereocenters. The fraction of sp³-hybridized carbons (Fsp3) is 0.474. The number of nitrogens with one attached hydrogen (secondary N) is 1. The Kier molecular flexibility index (Phi) is 6.43. The highest BCUT2D eigenvalue weighted by molar-refractivity contribution is 7.89. The number of rotatable bonds is 5. The van der Waals surface area contributed by atoms with E-state index in [9.17, 15) is 18.0 Å². The van der Waals surface area contributed by atoms with Crippen molar-refractivity contribution in [3.05, 3.63) is 30.5 Å². The second-order valence-corrected chi connectivity index (χ2v) is 8.79. The molecular weight excluding hydrogens is 396 g/mol. The van der Waals surface area contributed by atoms with E-state index in [4.69, 9.17) is 4.74 Å². The van der Waals surface area contributed by atoms with Crippen LogP contribution < -0.4 is 5.32 Å². The van der Waals surface area contributed by atoms with E-state index in [0.717, 1.165) is 10.9 Å². The molecule has 29 heavy (non-hydrogen) atoms. The molecule has 1 fully saturated rings. The Bertz CT molecular complexity index is 1000. The smallest absolute Gasteiger partial charge is 0.325 e. The van der Waals surface area contributed by atoms with Gasteiger partial charge in [-0.1, -0.05) is 0 Å². The third-order valence-corrected chi connectivity index (χ3v) is 6.82. The van der Waals surface area contributed by atoms with E-state index < -0.39 is 22.0 Å². The second-order valence-electron chi connectivity index (χ2n) is 6.86. The van der Waals surface area contributed by atoms with Crippen LogP contribution in [-0.2, 0) is 26.6 Å². The first kappa shape index (κ1) is 21.1. The zero-order valence-corrected chi connectivity index (χ0v) is 17.4. The van der Waals surface area contributed by atoms with E-state index in [-0.39, 0.29) is 31.1 Å². The van der Waals surface area contributed by atoms with Crippen molar-refractivity contribution in [2.45, 2.75) is 18.2 Å². The molecule has 158 valence electrons. The highest BCUT2D eigenvalue weighted by Gasteiger charge is 2.28. The van der Waals surface area contributed by atoms with Crippen molar-refractivity contribution in [2.75, 3.05) is 39.3 Å². The third kappa shape index (κ3) is 4.70. The number of carbonyl (C=O) groups is 2. The maximum Gasteiger partial charge on any atom is 0.325 e. The summed E-state index contributed by atoms with van der Waals surface area (Å²) in [4.78, 5) is 25.4. The summed E-state index contributed by atoms with van der Waals surface area (Å²) in [5.41, 5.74) is 0.962. The minimum atomic E-state index is -3.66. The number of urea groups is 1. The van der Waals surface area contributed by atoms with Crippen molar-refractivity contribution in [1.29, 1.82) is 0 Å². The van der Waals surface area contributed by atoms with Gasteiger partial charge in [-0.3, -0.25) is 4.79 Å². The Balaban J connectivity index is 1.65. The quantitative estimate of drug-likeness (QED) is 0.729. The Morgan fingerprint density at radius 2 is 1.93 bits per heavy atom. The largest absolute Gasteiger partial charge is 0.465 e. The summed E-state index contributed by atoms with van der Waals surface area (Å²) in [6.07, 6.45) is 2.40. The fourth-order valence-corrected chi connectivity index (χ4v) is 4.88. The number of ether oxygens (including phenoxy) is 1. The molecule has 1 aliphatic rings. The number of aryl methyl sites for hydroxylation is 1. The molecule has 3 rings (SSSR count). The van der Waals surface area contributed by atoms with Crippen LogP contribution in [0.4, 0.5) is 4.79 Å². The lowest BCUT2D eigenvalue weighted by molar-refractivity contribution is -0.141. The van der Waals surface area contributed by atoms with Gasteiger partial charge in [0.2, 0.25) is 10.0 Å². The summed E-state index contributed by atoms with van der Waals surface area (Å²) in [6, 6.07) is 6.58. The van der Waals surface area contributed by atoms with Gasteiger partial charge in [-0.15, -0.1) is 0 Å². The lowest BCUT2D eigenvalue weighted by Gasteiger charge is -2.22. The van der Waals surface area contributed by atoms with Gasteiger partial charge in [0, 0.05) is 50.3 Å². The molecule has 1 aliphatic heterocycles. The number of sulfonamides is 1. The molecule has 9 nitrogen and oxygen atoms in total. The molecule has 2 heterocycles. The van der Waals surface area contributed by atoms with E-state index in [2.05, 4.69) is 5.32 Å². The molecule has 2 aromatic rings. The number of carbonyl (C=O) groups excluding carboxylic acids is 2. The number of fused-ring (bicyclic) bond motifs is 1. The van der Waals surface area contributed by atoms with E-state index in [1.807, 2.05) is 23.9 Å². The Labute approximate surface area is 170 Å². The molecule has 0 spiro atoms. The first-order chi connectivity index (χ1) is 13.8. The summed E-state index contributed by atoms with van der Waals surface area (Å²) in [7, 11) is -1.75. The van der Waals surface area contributed by atoms with E-state index in [1.54, 1.807) is 25.1 Å². The molecule has 1 N–H and O–H groups in total. The minimum Gasteiger partial charge on any atom is -0.465 e. The number of hydrogen-bond acceptors (Lipinski definition) is 5. The van der Waals surface area contributed by atoms with Crippen molar-refractivity contribution in [2.24, 2.45) is 7.05 Å². The first-order valence-corrected chi connectivity index (χ1v) is 11.0. The van der Waals surface area contributed by atoms with Gasteiger partial charge in [-0.2, -0.15) is 4.31 Å². The number of aromatic nitrogens is 1. The van der Waals surface area contributed by atoms with Crippen molar-refractivity contribution in [1.82, 2.24) is 19.1 Å². The molecule has 10 heteroatoms. The van der Waals surface area contributed by atoms with Crippen LogP contribution in [-0.4, -0.2) is 73.5 Å². The van der Waals surface area contributed by atoms with E-state index in [1.165, 1.54) is 9.21 Å². The number of hydrogen-bond donors (Lipinski definition) is 1. The van der Waals surface area contributed by atoms with Gasteiger partial charge in [0.15, 0.2) is 0 Å². The number of nitrogens with zero attached hydrogens (tertiary/aromatic N) is 3. The monoisotopic (exact) mass is 422 g/mol. The second kappa shape index (κ2) is 8.83. The topological polar surface area (TPSA) is 101 Å². The van der Waals surface area contributed by atoms with Gasteiger partial charge < -0.3 is 19.5 Å². The zero-order valence-electron chi connectivity index (χ0n) is 16.6. The van der Waals surface area contributed by atoms with Crippen molar-refractivity contribution in [3.63, 3.8) is 0 Å².